The third-order valence-electron chi connectivity index (χ3n) is 8.05. The van der Waals surface area contributed by atoms with Crippen LogP contribution in [0.5, 0.6) is 5.75 Å². The lowest BCUT2D eigenvalue weighted by atomic mass is 9.69. The van der Waals surface area contributed by atoms with Crippen molar-refractivity contribution in [3.8, 4) is 22.9 Å². The lowest BCUT2D eigenvalue weighted by molar-refractivity contribution is -0.140. The number of hydrogen-bond donors (Lipinski definition) is 0. The highest BCUT2D eigenvalue weighted by Gasteiger charge is 2.33. The normalized spacial score (nSPS) is 25.6. The number of benzene rings is 2. The molecule has 2 aromatic rings. The van der Waals surface area contributed by atoms with Gasteiger partial charge in [0.1, 0.15) is 5.75 Å². The predicted octanol–water partition coefficient (Wildman–Crippen LogP) is 6.77. The second-order valence-corrected chi connectivity index (χ2v) is 11.9. The van der Waals surface area contributed by atoms with Gasteiger partial charge in [-0.25, -0.2) is 0 Å². The second kappa shape index (κ2) is 11.7. The summed E-state index contributed by atoms with van der Waals surface area (Å²) in [6, 6.07) is 18.9. The highest BCUT2D eigenvalue weighted by atomic mass is 28.2. The molecular formula is C29H37NO2Si. The summed E-state index contributed by atoms with van der Waals surface area (Å²) in [5, 5.41) is 8.95. The number of carbonyl (C=O) groups excluding carboxylic acids is 1. The molecule has 174 valence electrons. The van der Waals surface area contributed by atoms with Crippen LogP contribution < -0.4 is 4.74 Å². The Balaban J connectivity index is 1.23. The van der Waals surface area contributed by atoms with Gasteiger partial charge in [-0.3, -0.25) is 4.79 Å². The Bertz CT molecular complexity index is 931. The van der Waals surface area contributed by atoms with Gasteiger partial charge >= 0.3 is 5.97 Å². The van der Waals surface area contributed by atoms with Gasteiger partial charge in [0.2, 0.25) is 0 Å². The number of esters is 1. The van der Waals surface area contributed by atoms with Gasteiger partial charge in [0.15, 0.2) is 0 Å². The molecule has 0 unspecified atom stereocenters. The first-order valence-electron chi connectivity index (χ1n) is 13.0. The van der Waals surface area contributed by atoms with Gasteiger partial charge in [-0.2, -0.15) is 5.26 Å². The van der Waals surface area contributed by atoms with E-state index in [4.69, 9.17) is 10.00 Å². The van der Waals surface area contributed by atoms with Crippen LogP contribution in [-0.4, -0.2) is 15.5 Å². The fraction of sp³-hybridized carbons (Fsp3) is 0.517. The molecule has 3 nitrogen and oxygen atoms in total. The van der Waals surface area contributed by atoms with E-state index in [1.54, 1.807) is 0 Å². The van der Waals surface area contributed by atoms with Crippen molar-refractivity contribution < 1.29 is 9.53 Å². The SMILES string of the molecule is C[SiH2]CC[C@H]1CC[C@H]([C@H]2CC[C@H](C(=O)Oc3ccc(-c4ccc(C#N)cc4)cc3)CC2)CC1. The average molecular weight is 460 g/mol. The van der Waals surface area contributed by atoms with E-state index in [9.17, 15) is 4.79 Å². The molecule has 2 aliphatic carbocycles. The van der Waals surface area contributed by atoms with Crippen LogP contribution in [0.25, 0.3) is 11.1 Å². The average Bonchev–Trinajstić information content (AvgIpc) is 2.88. The van der Waals surface area contributed by atoms with E-state index in [-0.39, 0.29) is 21.4 Å². The molecule has 4 rings (SSSR count). The van der Waals surface area contributed by atoms with Gasteiger partial charge in [-0.05, 0) is 91.7 Å². The summed E-state index contributed by atoms with van der Waals surface area (Å²) in [4.78, 5) is 12.8. The Morgan fingerprint density at radius 1 is 0.879 bits per heavy atom. The summed E-state index contributed by atoms with van der Waals surface area (Å²) < 4.78 is 5.73. The molecule has 0 spiro atoms. The van der Waals surface area contributed by atoms with E-state index in [0.29, 0.717) is 11.3 Å². The molecule has 0 saturated heterocycles. The number of nitrogens with zero attached hydrogens (tertiary/aromatic N) is 1. The summed E-state index contributed by atoms with van der Waals surface area (Å²) in [6.07, 6.45) is 11.6. The van der Waals surface area contributed by atoms with E-state index in [2.05, 4.69) is 12.6 Å². The molecule has 0 amide bonds. The molecule has 0 aromatic heterocycles. The number of carbonyl (C=O) groups is 1. The molecule has 2 saturated carbocycles. The van der Waals surface area contributed by atoms with E-state index < -0.39 is 0 Å². The lowest BCUT2D eigenvalue weighted by Gasteiger charge is -2.37. The Labute approximate surface area is 201 Å². The predicted molar refractivity (Wildman–Crippen MR) is 137 cm³/mol. The Morgan fingerprint density at radius 2 is 1.42 bits per heavy atom. The van der Waals surface area contributed by atoms with Crippen molar-refractivity contribution in [3.05, 3.63) is 54.1 Å². The number of rotatable bonds is 7. The maximum Gasteiger partial charge on any atom is 0.314 e. The standard InChI is InChI=1S/C29H37NO2Si/c1-33-19-18-21-2-6-23(7-3-21)25-10-12-27(13-11-25)29(31)32-28-16-14-26(15-17-28)24-8-4-22(20-30)5-9-24/h4-5,8-9,14-17,21,23,25,27H,2-3,6-7,10-13,18-19,33H2,1H3/t21-,23-,25-,27-. The largest absolute Gasteiger partial charge is 0.426 e. The molecule has 4 heteroatoms. The Morgan fingerprint density at radius 3 is 1.97 bits per heavy atom. The molecule has 2 fully saturated rings. The summed E-state index contributed by atoms with van der Waals surface area (Å²) in [5.74, 6) is 3.32. The first kappa shape index (κ1) is 23.8. The first-order chi connectivity index (χ1) is 16.2. The quantitative estimate of drug-likeness (QED) is 0.261. The van der Waals surface area contributed by atoms with Crippen molar-refractivity contribution in [1.29, 1.82) is 5.26 Å². The van der Waals surface area contributed by atoms with Crippen molar-refractivity contribution in [3.63, 3.8) is 0 Å². The zero-order valence-electron chi connectivity index (χ0n) is 20.0. The highest BCUT2D eigenvalue weighted by Crippen LogP contribution is 2.42. The molecular weight excluding hydrogens is 422 g/mol. The fourth-order valence-corrected chi connectivity index (χ4v) is 6.91. The second-order valence-electron chi connectivity index (χ2n) is 10.2. The molecule has 33 heavy (non-hydrogen) atoms. The maximum absolute atomic E-state index is 12.8. The van der Waals surface area contributed by atoms with Crippen molar-refractivity contribution in [2.75, 3.05) is 0 Å². The van der Waals surface area contributed by atoms with Crippen molar-refractivity contribution in [1.82, 2.24) is 0 Å². The van der Waals surface area contributed by atoms with Crippen molar-refractivity contribution in [2.45, 2.75) is 70.4 Å². The molecule has 0 heterocycles. The van der Waals surface area contributed by atoms with Gasteiger partial charge in [-0.15, -0.1) is 0 Å². The monoisotopic (exact) mass is 459 g/mol. The molecule has 0 bridgehead atoms. The Kier molecular flexibility index (Phi) is 8.39. The Hall–Kier alpha value is -2.38. The zero-order valence-corrected chi connectivity index (χ0v) is 21.4. The summed E-state index contributed by atoms with van der Waals surface area (Å²) in [6.45, 7) is 2.43. The highest BCUT2D eigenvalue weighted by molar-refractivity contribution is 6.33. The molecule has 0 aliphatic heterocycles. The molecule has 0 radical (unpaired) electrons. The molecule has 0 N–H and O–H groups in total. The molecule has 2 aromatic carbocycles. The summed E-state index contributed by atoms with van der Waals surface area (Å²) in [5.41, 5.74) is 2.75. The summed E-state index contributed by atoms with van der Waals surface area (Å²) >= 11 is 0. The van der Waals surface area contributed by atoms with Crippen molar-refractivity contribution in [2.24, 2.45) is 23.7 Å². The van der Waals surface area contributed by atoms with Crippen LogP contribution >= 0.6 is 0 Å². The van der Waals surface area contributed by atoms with E-state index in [1.165, 1.54) is 51.0 Å². The van der Waals surface area contributed by atoms with Crippen LogP contribution in [0.4, 0.5) is 0 Å². The van der Waals surface area contributed by atoms with Gasteiger partial charge in [-0.1, -0.05) is 56.1 Å². The van der Waals surface area contributed by atoms with Crippen LogP contribution in [0.2, 0.25) is 12.6 Å². The van der Waals surface area contributed by atoms with Crippen LogP contribution in [0.1, 0.15) is 63.4 Å². The van der Waals surface area contributed by atoms with Crippen LogP contribution in [-0.2, 0) is 4.79 Å². The van der Waals surface area contributed by atoms with Crippen LogP contribution in [0, 0.1) is 35.0 Å². The van der Waals surface area contributed by atoms with Crippen LogP contribution in [0.3, 0.4) is 0 Å². The van der Waals surface area contributed by atoms with Crippen molar-refractivity contribution >= 4 is 15.5 Å². The van der Waals surface area contributed by atoms with E-state index >= 15 is 0 Å². The molecule has 2 aliphatic rings. The number of nitriles is 1. The summed E-state index contributed by atoms with van der Waals surface area (Å²) in [7, 11) is 0.231. The molecule has 0 atom stereocenters. The minimum atomic E-state index is -0.0630. The van der Waals surface area contributed by atoms with Gasteiger partial charge < -0.3 is 4.74 Å². The smallest absolute Gasteiger partial charge is 0.314 e. The third-order valence-corrected chi connectivity index (χ3v) is 9.16. The van der Waals surface area contributed by atoms with E-state index in [1.807, 2.05) is 48.5 Å². The van der Waals surface area contributed by atoms with Gasteiger partial charge in [0.25, 0.3) is 0 Å². The minimum Gasteiger partial charge on any atom is -0.426 e. The first-order valence-corrected chi connectivity index (χ1v) is 15.4. The zero-order chi connectivity index (χ0) is 23.0. The lowest BCUT2D eigenvalue weighted by Crippen LogP contribution is -2.30. The van der Waals surface area contributed by atoms with Crippen LogP contribution in [0.15, 0.2) is 48.5 Å². The van der Waals surface area contributed by atoms with Gasteiger partial charge in [0.05, 0.1) is 17.6 Å². The topological polar surface area (TPSA) is 50.1 Å². The fourth-order valence-electron chi connectivity index (χ4n) is 5.92. The number of hydrogen-bond acceptors (Lipinski definition) is 3. The number of ether oxygens (including phenoxy) is 1. The van der Waals surface area contributed by atoms with Gasteiger partial charge in [0, 0.05) is 9.52 Å². The minimum absolute atomic E-state index is 0.0466. The third kappa shape index (κ3) is 6.36. The van der Waals surface area contributed by atoms with E-state index in [0.717, 1.165) is 41.7 Å². The maximum atomic E-state index is 12.8.